The molecule has 1 aromatic carbocycles. The number of Topliss-reactive ketones (excluding diaryl/α,β-unsaturated/α-hetero) is 1. The van der Waals surface area contributed by atoms with Crippen LogP contribution in [0.1, 0.15) is 41.6 Å². The number of hydrogen-bond acceptors (Lipinski definition) is 3. The van der Waals surface area contributed by atoms with Gasteiger partial charge in [0.05, 0.1) is 10.8 Å². The van der Waals surface area contributed by atoms with Gasteiger partial charge < -0.3 is 17.0 Å². The summed E-state index contributed by atoms with van der Waals surface area (Å²) < 4.78 is 0. The molecule has 0 saturated heterocycles. The molecule has 4 heteroatoms. The normalized spacial score (nSPS) is 15.1. The van der Waals surface area contributed by atoms with Gasteiger partial charge in [0, 0.05) is 12.1 Å². The first-order chi connectivity index (χ1) is 8.75. The van der Waals surface area contributed by atoms with Gasteiger partial charge in [0.1, 0.15) is 0 Å². The Labute approximate surface area is 129 Å². The molecule has 19 heavy (non-hydrogen) atoms. The minimum Gasteiger partial charge on any atom is -1.00 e. The summed E-state index contributed by atoms with van der Waals surface area (Å²) in [6.45, 7) is 2.96. The number of carbonyl (C=O) groups is 1. The number of rotatable bonds is 3. The van der Waals surface area contributed by atoms with Gasteiger partial charge in [-0.3, -0.25) is 9.79 Å². The van der Waals surface area contributed by atoms with Crippen LogP contribution in [0.15, 0.2) is 29.3 Å². The summed E-state index contributed by atoms with van der Waals surface area (Å²) in [5.74, 6) is 0.717. The van der Waals surface area contributed by atoms with Crippen LogP contribution < -0.4 is 17.0 Å². The molecule has 0 atom stereocenters. The first kappa shape index (κ1) is 16.4. The minimum atomic E-state index is 0. The van der Waals surface area contributed by atoms with Gasteiger partial charge in [0.2, 0.25) is 0 Å². The smallest absolute Gasteiger partial charge is 0.173 e. The van der Waals surface area contributed by atoms with Crippen LogP contribution in [0.25, 0.3) is 0 Å². The van der Waals surface area contributed by atoms with Crippen molar-refractivity contribution in [2.45, 2.75) is 32.6 Å². The van der Waals surface area contributed by atoms with Crippen molar-refractivity contribution in [2.24, 2.45) is 4.99 Å². The van der Waals surface area contributed by atoms with E-state index in [1.54, 1.807) is 11.8 Å². The van der Waals surface area contributed by atoms with Crippen LogP contribution in [0.3, 0.4) is 0 Å². The fraction of sp³-hybridized carbons (Fsp3) is 0.467. The van der Waals surface area contributed by atoms with E-state index in [9.17, 15) is 4.79 Å². The third-order valence-electron chi connectivity index (χ3n) is 3.08. The van der Waals surface area contributed by atoms with Gasteiger partial charge >= 0.3 is 0 Å². The Morgan fingerprint density at radius 2 is 1.95 bits per heavy atom. The fourth-order valence-corrected chi connectivity index (χ4v) is 2.87. The first-order valence-electron chi connectivity index (χ1n) is 6.52. The zero-order valence-electron chi connectivity index (χ0n) is 11.2. The molecule has 1 aliphatic heterocycles. The van der Waals surface area contributed by atoms with E-state index >= 15 is 0 Å². The second kappa shape index (κ2) is 8.54. The third kappa shape index (κ3) is 5.49. The van der Waals surface area contributed by atoms with Gasteiger partial charge in [-0.05, 0) is 26.2 Å². The number of halogens is 1. The molecule has 104 valence electrons. The molecule has 0 fully saturated rings. The van der Waals surface area contributed by atoms with Crippen LogP contribution in [-0.4, -0.2) is 23.1 Å². The Hall–Kier alpha value is -0.610. The molecule has 0 unspecified atom stereocenters. The number of carbonyl (C=O) groups excluding carboxylic acids is 1. The zero-order chi connectivity index (χ0) is 12.8. The number of aliphatic imine (C=N–C) groups is 1. The lowest BCUT2D eigenvalue weighted by Gasteiger charge is -2.04. The lowest BCUT2D eigenvalue weighted by atomic mass is 10.1. The molecule has 0 N–H and O–H groups in total. The van der Waals surface area contributed by atoms with E-state index in [0.29, 0.717) is 5.75 Å². The zero-order valence-corrected chi connectivity index (χ0v) is 13.6. The third-order valence-corrected chi connectivity index (χ3v) is 4.15. The number of aryl methyl sites for hydroxylation is 1. The van der Waals surface area contributed by atoms with E-state index in [1.165, 1.54) is 24.8 Å². The van der Waals surface area contributed by atoms with E-state index in [1.807, 2.05) is 31.2 Å². The number of hydrogen-bond donors (Lipinski definition) is 0. The fourth-order valence-electron chi connectivity index (χ4n) is 1.94. The Bertz CT molecular complexity index is 442. The second-order valence-electron chi connectivity index (χ2n) is 4.66. The number of ketones is 1. The summed E-state index contributed by atoms with van der Waals surface area (Å²) in [4.78, 5) is 16.5. The highest BCUT2D eigenvalue weighted by Gasteiger charge is 2.10. The van der Waals surface area contributed by atoms with E-state index in [2.05, 4.69) is 4.99 Å². The van der Waals surface area contributed by atoms with Gasteiger partial charge in [-0.1, -0.05) is 36.2 Å². The van der Waals surface area contributed by atoms with Gasteiger partial charge in [0.15, 0.2) is 5.78 Å². The molecular weight excluding hydrogens is 322 g/mol. The molecule has 0 radical (unpaired) electrons. The number of benzene rings is 1. The monoisotopic (exact) mass is 340 g/mol. The Balaban J connectivity index is 0.00000180. The largest absolute Gasteiger partial charge is 1.00 e. The van der Waals surface area contributed by atoms with Crippen LogP contribution in [0, 0.1) is 6.92 Å². The van der Waals surface area contributed by atoms with E-state index in [4.69, 9.17) is 0 Å². The van der Waals surface area contributed by atoms with Crippen molar-refractivity contribution in [1.82, 2.24) is 0 Å². The maximum absolute atomic E-state index is 12.0. The average Bonchev–Trinajstić information content (AvgIpc) is 2.65. The summed E-state index contributed by atoms with van der Waals surface area (Å²) in [6, 6.07) is 7.79. The van der Waals surface area contributed by atoms with Crippen molar-refractivity contribution >= 4 is 22.6 Å². The van der Waals surface area contributed by atoms with Crippen molar-refractivity contribution in [3.63, 3.8) is 0 Å². The Morgan fingerprint density at radius 3 is 2.68 bits per heavy atom. The predicted octanol–water partition coefficient (Wildman–Crippen LogP) is 0.887. The molecule has 0 bridgehead atoms. The molecular formula is C15H19BrNOS-. The summed E-state index contributed by atoms with van der Waals surface area (Å²) in [7, 11) is 0. The lowest BCUT2D eigenvalue weighted by molar-refractivity contribution is -0.0000115. The highest BCUT2D eigenvalue weighted by Crippen LogP contribution is 2.17. The summed E-state index contributed by atoms with van der Waals surface area (Å²) in [6.07, 6.45) is 4.71. The van der Waals surface area contributed by atoms with Crippen LogP contribution in [0.4, 0.5) is 0 Å². The Kier molecular flexibility index (Phi) is 7.39. The molecule has 0 saturated carbocycles. The van der Waals surface area contributed by atoms with Crippen molar-refractivity contribution in [3.8, 4) is 0 Å². The predicted molar refractivity (Wildman–Crippen MR) is 78.7 cm³/mol. The molecule has 1 aromatic rings. The van der Waals surface area contributed by atoms with Crippen LogP contribution >= 0.6 is 11.8 Å². The molecule has 2 nitrogen and oxygen atoms in total. The SMILES string of the molecule is Cc1ccc(C(=O)CSC2=NCCCCC2)cc1.[Br-]. The van der Waals surface area contributed by atoms with E-state index < -0.39 is 0 Å². The van der Waals surface area contributed by atoms with E-state index in [-0.39, 0.29) is 22.8 Å². The van der Waals surface area contributed by atoms with Crippen molar-refractivity contribution in [2.75, 3.05) is 12.3 Å². The molecule has 2 rings (SSSR count). The van der Waals surface area contributed by atoms with Gasteiger partial charge in [-0.2, -0.15) is 0 Å². The molecule has 0 aromatic heterocycles. The molecule has 1 aliphatic rings. The summed E-state index contributed by atoms with van der Waals surface area (Å²) >= 11 is 1.62. The molecule has 1 heterocycles. The second-order valence-corrected chi connectivity index (χ2v) is 5.71. The molecule has 0 aliphatic carbocycles. The topological polar surface area (TPSA) is 29.4 Å². The quantitative estimate of drug-likeness (QED) is 0.764. The van der Waals surface area contributed by atoms with Gasteiger partial charge in [-0.15, -0.1) is 11.8 Å². The highest BCUT2D eigenvalue weighted by atomic mass is 79.9. The molecule has 0 amide bonds. The Morgan fingerprint density at radius 1 is 1.21 bits per heavy atom. The summed E-state index contributed by atoms with van der Waals surface area (Å²) in [5.41, 5.74) is 2.00. The van der Waals surface area contributed by atoms with Crippen molar-refractivity contribution in [1.29, 1.82) is 0 Å². The van der Waals surface area contributed by atoms with E-state index in [0.717, 1.165) is 23.6 Å². The number of thioether (sulfide) groups is 1. The minimum absolute atomic E-state index is 0. The van der Waals surface area contributed by atoms with Crippen LogP contribution in [-0.2, 0) is 0 Å². The lowest BCUT2D eigenvalue weighted by Crippen LogP contribution is -3.00. The van der Waals surface area contributed by atoms with Gasteiger partial charge in [0.25, 0.3) is 0 Å². The average molecular weight is 341 g/mol. The highest BCUT2D eigenvalue weighted by molar-refractivity contribution is 8.14. The van der Waals surface area contributed by atoms with Crippen LogP contribution in [0.5, 0.6) is 0 Å². The molecule has 0 spiro atoms. The maximum Gasteiger partial charge on any atom is 0.173 e. The maximum atomic E-state index is 12.0. The van der Waals surface area contributed by atoms with Crippen molar-refractivity contribution < 1.29 is 21.8 Å². The summed E-state index contributed by atoms with van der Waals surface area (Å²) in [5, 5.41) is 1.16. The number of nitrogens with zero attached hydrogens (tertiary/aromatic N) is 1. The van der Waals surface area contributed by atoms with Crippen LogP contribution in [0.2, 0.25) is 0 Å². The standard InChI is InChI=1S/C15H19NOS.BrH/c1-12-6-8-13(9-7-12)14(17)11-18-15-5-3-2-4-10-16-15;/h6-9H,2-5,10-11H2,1H3;1H/p-1. The van der Waals surface area contributed by atoms with Gasteiger partial charge in [-0.25, -0.2) is 0 Å². The van der Waals surface area contributed by atoms with Crippen molar-refractivity contribution in [3.05, 3.63) is 35.4 Å². The first-order valence-corrected chi connectivity index (χ1v) is 7.50.